The van der Waals surface area contributed by atoms with Crippen molar-refractivity contribution in [2.75, 3.05) is 14.2 Å². The minimum atomic E-state index is 0.753. The van der Waals surface area contributed by atoms with Crippen LogP contribution in [0.15, 0.2) is 35.8 Å². The monoisotopic (exact) mass is 152 g/mol. The summed E-state index contributed by atoms with van der Waals surface area (Å²) in [6, 6.07) is 0. The van der Waals surface area contributed by atoms with Gasteiger partial charge in [-0.1, -0.05) is 6.58 Å². The molecular weight excluding hydrogens is 140 g/mol. The summed E-state index contributed by atoms with van der Waals surface area (Å²) in [7, 11) is 3.25. The SMILES string of the molecule is C=C1C=C(OC)C(OC)=CC1. The van der Waals surface area contributed by atoms with Gasteiger partial charge in [0.1, 0.15) is 0 Å². The van der Waals surface area contributed by atoms with Gasteiger partial charge in [0.25, 0.3) is 0 Å². The van der Waals surface area contributed by atoms with Gasteiger partial charge in [0.05, 0.1) is 14.2 Å². The first-order valence-corrected chi connectivity index (χ1v) is 3.46. The molecule has 2 nitrogen and oxygen atoms in total. The van der Waals surface area contributed by atoms with Crippen molar-refractivity contribution >= 4 is 0 Å². The molecule has 0 aromatic rings. The van der Waals surface area contributed by atoms with Crippen LogP contribution in [0.2, 0.25) is 0 Å². The second kappa shape index (κ2) is 3.28. The molecule has 0 heterocycles. The fraction of sp³-hybridized carbons (Fsp3) is 0.333. The van der Waals surface area contributed by atoms with Crippen molar-refractivity contribution in [1.82, 2.24) is 0 Å². The van der Waals surface area contributed by atoms with Crippen LogP contribution >= 0.6 is 0 Å². The summed E-state index contributed by atoms with van der Waals surface area (Å²) >= 11 is 0. The summed E-state index contributed by atoms with van der Waals surface area (Å²) in [5, 5.41) is 0. The third-order valence-electron chi connectivity index (χ3n) is 1.57. The van der Waals surface area contributed by atoms with Crippen LogP contribution < -0.4 is 0 Å². The second-order valence-electron chi connectivity index (χ2n) is 2.35. The normalized spacial score (nSPS) is 17.1. The topological polar surface area (TPSA) is 18.5 Å². The van der Waals surface area contributed by atoms with Gasteiger partial charge in [-0.2, -0.15) is 0 Å². The molecule has 0 fully saturated rings. The molecule has 0 atom stereocenters. The Balaban J connectivity index is 2.82. The van der Waals surface area contributed by atoms with Gasteiger partial charge in [0, 0.05) is 0 Å². The maximum atomic E-state index is 5.07. The number of hydrogen-bond acceptors (Lipinski definition) is 2. The highest BCUT2D eigenvalue weighted by atomic mass is 16.5. The molecule has 0 aromatic heterocycles. The van der Waals surface area contributed by atoms with E-state index in [1.807, 2.05) is 12.2 Å². The van der Waals surface area contributed by atoms with Crippen molar-refractivity contribution in [3.05, 3.63) is 35.8 Å². The Hall–Kier alpha value is -1.18. The van der Waals surface area contributed by atoms with Gasteiger partial charge in [-0.25, -0.2) is 0 Å². The van der Waals surface area contributed by atoms with E-state index in [1.165, 1.54) is 0 Å². The smallest absolute Gasteiger partial charge is 0.160 e. The van der Waals surface area contributed by atoms with Gasteiger partial charge < -0.3 is 9.47 Å². The highest BCUT2D eigenvalue weighted by molar-refractivity contribution is 5.35. The zero-order valence-electron chi connectivity index (χ0n) is 6.89. The molecule has 2 heteroatoms. The van der Waals surface area contributed by atoms with Crippen LogP contribution in [0.4, 0.5) is 0 Å². The van der Waals surface area contributed by atoms with E-state index in [9.17, 15) is 0 Å². The Kier molecular flexibility index (Phi) is 2.36. The van der Waals surface area contributed by atoms with E-state index in [-0.39, 0.29) is 0 Å². The number of methoxy groups -OCH3 is 2. The lowest BCUT2D eigenvalue weighted by atomic mass is 10.1. The summed E-state index contributed by atoms with van der Waals surface area (Å²) in [4.78, 5) is 0. The molecule has 0 bridgehead atoms. The minimum Gasteiger partial charge on any atom is -0.493 e. The van der Waals surface area contributed by atoms with E-state index < -0.39 is 0 Å². The first-order valence-electron chi connectivity index (χ1n) is 3.46. The number of hydrogen-bond donors (Lipinski definition) is 0. The van der Waals surface area contributed by atoms with Crippen LogP contribution in [0.5, 0.6) is 0 Å². The summed E-state index contributed by atoms with van der Waals surface area (Å²) in [5.74, 6) is 1.55. The summed E-state index contributed by atoms with van der Waals surface area (Å²) in [6.45, 7) is 3.82. The van der Waals surface area contributed by atoms with Gasteiger partial charge in [-0.15, -0.1) is 0 Å². The molecular formula is C9H12O2. The molecule has 0 spiro atoms. The lowest BCUT2D eigenvalue weighted by molar-refractivity contribution is 0.217. The molecule has 0 radical (unpaired) electrons. The molecule has 0 amide bonds. The molecule has 0 N–H and O–H groups in total. The maximum absolute atomic E-state index is 5.07. The highest BCUT2D eigenvalue weighted by Gasteiger charge is 2.09. The quantitative estimate of drug-likeness (QED) is 0.602. The Labute approximate surface area is 66.8 Å². The molecule has 1 rings (SSSR count). The summed E-state index contributed by atoms with van der Waals surface area (Å²) in [5.41, 5.74) is 1.04. The molecule has 1 aliphatic carbocycles. The molecule has 60 valence electrons. The van der Waals surface area contributed by atoms with Crippen molar-refractivity contribution in [1.29, 1.82) is 0 Å². The Morgan fingerprint density at radius 2 is 1.91 bits per heavy atom. The Morgan fingerprint density at radius 1 is 1.27 bits per heavy atom. The van der Waals surface area contributed by atoms with Gasteiger partial charge in [-0.05, 0) is 24.1 Å². The number of ether oxygens (including phenoxy) is 2. The summed E-state index contributed by atoms with van der Waals surface area (Å²) < 4.78 is 10.1. The van der Waals surface area contributed by atoms with Gasteiger partial charge >= 0.3 is 0 Å². The summed E-state index contributed by atoms with van der Waals surface area (Å²) in [6.07, 6.45) is 4.69. The second-order valence-corrected chi connectivity index (χ2v) is 2.35. The Morgan fingerprint density at radius 3 is 2.45 bits per heavy atom. The molecule has 0 saturated carbocycles. The van der Waals surface area contributed by atoms with Crippen molar-refractivity contribution < 1.29 is 9.47 Å². The van der Waals surface area contributed by atoms with Crippen LogP contribution in [0, 0.1) is 0 Å². The largest absolute Gasteiger partial charge is 0.493 e. The van der Waals surface area contributed by atoms with E-state index in [4.69, 9.17) is 9.47 Å². The molecule has 11 heavy (non-hydrogen) atoms. The van der Waals surface area contributed by atoms with E-state index in [0.717, 1.165) is 23.5 Å². The molecule has 0 unspecified atom stereocenters. The standard InChI is InChI=1S/C9H12O2/c1-7-4-5-8(10-2)9(6-7)11-3/h5-6H,1,4H2,2-3H3. The van der Waals surface area contributed by atoms with Crippen molar-refractivity contribution in [3.63, 3.8) is 0 Å². The fourth-order valence-corrected chi connectivity index (χ4v) is 0.983. The predicted octanol–water partition coefficient (Wildman–Crippen LogP) is 2.01. The maximum Gasteiger partial charge on any atom is 0.160 e. The van der Waals surface area contributed by atoms with Crippen LogP contribution in [-0.4, -0.2) is 14.2 Å². The lowest BCUT2D eigenvalue weighted by Crippen LogP contribution is -2.00. The third kappa shape index (κ3) is 1.64. The van der Waals surface area contributed by atoms with E-state index in [0.29, 0.717) is 0 Å². The fourth-order valence-electron chi connectivity index (χ4n) is 0.983. The van der Waals surface area contributed by atoms with E-state index in [1.54, 1.807) is 14.2 Å². The average molecular weight is 152 g/mol. The lowest BCUT2D eigenvalue weighted by Gasteiger charge is -2.14. The van der Waals surface area contributed by atoms with Crippen LogP contribution in [-0.2, 0) is 9.47 Å². The number of rotatable bonds is 2. The predicted molar refractivity (Wildman–Crippen MR) is 43.9 cm³/mol. The van der Waals surface area contributed by atoms with Crippen LogP contribution in [0.1, 0.15) is 6.42 Å². The van der Waals surface area contributed by atoms with E-state index in [2.05, 4.69) is 6.58 Å². The number of allylic oxidation sites excluding steroid dienone is 3. The average Bonchev–Trinajstić information content (AvgIpc) is 2.04. The van der Waals surface area contributed by atoms with Gasteiger partial charge in [-0.3, -0.25) is 0 Å². The molecule has 0 saturated heterocycles. The Bertz CT molecular complexity index is 224. The van der Waals surface area contributed by atoms with Crippen LogP contribution in [0.25, 0.3) is 0 Å². The van der Waals surface area contributed by atoms with Crippen molar-refractivity contribution in [3.8, 4) is 0 Å². The third-order valence-corrected chi connectivity index (χ3v) is 1.57. The van der Waals surface area contributed by atoms with E-state index >= 15 is 0 Å². The van der Waals surface area contributed by atoms with Gasteiger partial charge in [0.15, 0.2) is 11.5 Å². The zero-order chi connectivity index (χ0) is 8.27. The van der Waals surface area contributed by atoms with Crippen molar-refractivity contribution in [2.24, 2.45) is 0 Å². The zero-order valence-corrected chi connectivity index (χ0v) is 6.89. The van der Waals surface area contributed by atoms with Gasteiger partial charge in [0.2, 0.25) is 0 Å². The molecule has 0 aromatic carbocycles. The van der Waals surface area contributed by atoms with Crippen LogP contribution in [0.3, 0.4) is 0 Å². The highest BCUT2D eigenvalue weighted by Crippen LogP contribution is 2.21. The molecule has 0 aliphatic heterocycles. The first kappa shape index (κ1) is 7.92. The molecule has 1 aliphatic rings. The first-order chi connectivity index (χ1) is 5.27. The van der Waals surface area contributed by atoms with Crippen molar-refractivity contribution in [2.45, 2.75) is 6.42 Å². The minimum absolute atomic E-state index is 0.753.